The smallest absolute Gasteiger partial charge is 0.185 e. The van der Waals surface area contributed by atoms with Crippen LogP contribution < -0.4 is 15.9 Å². The maximum atomic E-state index is 14.9. The number of piperazine rings is 1. The first kappa shape index (κ1) is 24.7. The van der Waals surface area contributed by atoms with Crippen molar-refractivity contribution in [2.24, 2.45) is 4.99 Å². The molecule has 10 nitrogen and oxygen atoms in total. The van der Waals surface area contributed by atoms with Crippen LogP contribution in [-0.4, -0.2) is 69.9 Å². The summed E-state index contributed by atoms with van der Waals surface area (Å²) in [5.74, 6) is 0.938. The first-order valence-corrected chi connectivity index (χ1v) is 11.7. The summed E-state index contributed by atoms with van der Waals surface area (Å²) < 4.78 is 14.9. The predicted octanol–water partition coefficient (Wildman–Crippen LogP) is 3.37. The molecule has 3 aromatic rings. The summed E-state index contributed by atoms with van der Waals surface area (Å²) in [6, 6.07) is 6.93. The van der Waals surface area contributed by atoms with Crippen LogP contribution in [-0.2, 0) is 5.41 Å². The van der Waals surface area contributed by atoms with Crippen molar-refractivity contribution in [3.05, 3.63) is 41.5 Å². The molecule has 0 bridgehead atoms. The van der Waals surface area contributed by atoms with Crippen LogP contribution in [0.3, 0.4) is 0 Å². The minimum absolute atomic E-state index is 0.0484. The predicted molar refractivity (Wildman–Crippen MR) is 136 cm³/mol. The van der Waals surface area contributed by atoms with Gasteiger partial charge in [-0.3, -0.25) is 15.9 Å². The number of likely N-dealkylation sites (N-methyl/N-ethyl adjacent to an activating group) is 1. The Morgan fingerprint density at radius 2 is 1.97 bits per heavy atom. The zero-order valence-corrected chi connectivity index (χ0v) is 20.9. The van der Waals surface area contributed by atoms with Gasteiger partial charge in [-0.1, -0.05) is 26.4 Å². The minimum Gasteiger partial charge on any atom is -0.386 e. The van der Waals surface area contributed by atoms with E-state index in [1.165, 1.54) is 0 Å². The first-order chi connectivity index (χ1) is 16.6. The Kier molecular flexibility index (Phi) is 7.08. The van der Waals surface area contributed by atoms with E-state index in [2.05, 4.69) is 63.9 Å². The number of rotatable bonds is 6. The number of hydrogen-bond donors (Lipinski definition) is 5. The molecular formula is C24H34FN9O. The quantitative estimate of drug-likeness (QED) is 0.208. The Morgan fingerprint density at radius 1 is 1.23 bits per heavy atom. The van der Waals surface area contributed by atoms with E-state index < -0.39 is 5.82 Å². The maximum Gasteiger partial charge on any atom is 0.185 e. The number of aliphatic imine (C=N–C) groups is 1. The fourth-order valence-corrected chi connectivity index (χ4v) is 3.86. The maximum absolute atomic E-state index is 14.9. The zero-order chi connectivity index (χ0) is 25.2. The second-order valence-corrected chi connectivity index (χ2v) is 9.98. The topological polar surface area (TPSA) is 120 Å². The molecule has 0 amide bonds. The Morgan fingerprint density at radius 3 is 2.66 bits per heavy atom. The van der Waals surface area contributed by atoms with Crippen LogP contribution in [0.25, 0.3) is 10.9 Å². The molecule has 3 heterocycles. The van der Waals surface area contributed by atoms with Crippen LogP contribution >= 0.6 is 0 Å². The van der Waals surface area contributed by atoms with E-state index in [1.807, 2.05) is 17.9 Å². The highest BCUT2D eigenvalue weighted by Gasteiger charge is 2.20. The summed E-state index contributed by atoms with van der Waals surface area (Å²) in [5, 5.41) is 16.4. The molecule has 0 atom stereocenters. The number of amidine groups is 2. The van der Waals surface area contributed by atoms with Crippen molar-refractivity contribution in [2.75, 3.05) is 33.2 Å². The van der Waals surface area contributed by atoms with Crippen molar-refractivity contribution in [1.29, 1.82) is 5.41 Å². The van der Waals surface area contributed by atoms with Crippen molar-refractivity contribution >= 4 is 28.4 Å². The van der Waals surface area contributed by atoms with E-state index in [-0.39, 0.29) is 17.6 Å². The molecule has 2 aromatic heterocycles. The number of aryl methyl sites for hydroxylation is 1. The number of halogens is 1. The summed E-state index contributed by atoms with van der Waals surface area (Å²) in [5.41, 5.74) is 7.91. The van der Waals surface area contributed by atoms with Crippen LogP contribution in [0.4, 0.5) is 10.2 Å². The van der Waals surface area contributed by atoms with Gasteiger partial charge in [-0.25, -0.2) is 9.38 Å². The number of hydrazine groups is 1. The molecule has 0 saturated carbocycles. The molecule has 0 radical (unpaired) electrons. The standard InChI is InChI=1S/C24H34FN9O/c1-15-12-16-17(27-15)6-7-18(23(16)25)35-32-31-22(14-20(26)34-10-8-33(5)9-11-34)28-21-13-19(29-30-21)24(2,3)4/h6-7,12-13,26-27,32H,8-11,14H2,1-5H3,(H2,28,29,30,31). The molecule has 4 rings (SSSR count). The molecular weight excluding hydrogens is 449 g/mol. The van der Waals surface area contributed by atoms with Crippen LogP contribution in [0.15, 0.2) is 29.3 Å². The molecule has 11 heteroatoms. The summed E-state index contributed by atoms with van der Waals surface area (Å²) >= 11 is 0. The van der Waals surface area contributed by atoms with Crippen molar-refractivity contribution < 1.29 is 9.23 Å². The monoisotopic (exact) mass is 483 g/mol. The van der Waals surface area contributed by atoms with Gasteiger partial charge in [0.25, 0.3) is 0 Å². The van der Waals surface area contributed by atoms with Gasteiger partial charge in [0.2, 0.25) is 0 Å². The number of fused-ring (bicyclic) bond motifs is 1. The van der Waals surface area contributed by atoms with E-state index in [0.29, 0.717) is 28.4 Å². The zero-order valence-electron chi connectivity index (χ0n) is 20.9. The number of hydrogen-bond acceptors (Lipinski definition) is 6. The molecule has 1 saturated heterocycles. The lowest BCUT2D eigenvalue weighted by Gasteiger charge is -2.34. The van der Waals surface area contributed by atoms with E-state index in [4.69, 9.17) is 10.2 Å². The van der Waals surface area contributed by atoms with Gasteiger partial charge in [0.15, 0.2) is 17.4 Å². The van der Waals surface area contributed by atoms with E-state index in [9.17, 15) is 4.39 Å². The third-order valence-corrected chi connectivity index (χ3v) is 6.04. The minimum atomic E-state index is -0.466. The number of aromatic amines is 2. The molecule has 1 aliphatic heterocycles. The molecule has 0 spiro atoms. The molecule has 0 aliphatic carbocycles. The van der Waals surface area contributed by atoms with Crippen LogP contribution in [0.1, 0.15) is 38.6 Å². The number of H-pyrrole nitrogens is 2. The second kappa shape index (κ2) is 10.0. The first-order valence-electron chi connectivity index (χ1n) is 11.7. The van der Waals surface area contributed by atoms with Crippen LogP contribution in [0.5, 0.6) is 5.75 Å². The molecule has 1 fully saturated rings. The summed E-state index contributed by atoms with van der Waals surface area (Å²) in [4.78, 5) is 17.4. The average Bonchev–Trinajstić information content (AvgIpc) is 3.42. The van der Waals surface area contributed by atoms with Crippen molar-refractivity contribution in [3.63, 3.8) is 0 Å². The van der Waals surface area contributed by atoms with Gasteiger partial charge in [0.1, 0.15) is 11.7 Å². The van der Waals surface area contributed by atoms with Gasteiger partial charge in [0, 0.05) is 60.0 Å². The lowest BCUT2D eigenvalue weighted by Crippen LogP contribution is -2.49. The van der Waals surface area contributed by atoms with Gasteiger partial charge in [-0.15, -0.1) is 0 Å². The number of nitrogens with one attached hydrogen (secondary N) is 5. The highest BCUT2D eigenvalue weighted by atomic mass is 19.1. The molecule has 35 heavy (non-hydrogen) atoms. The third kappa shape index (κ3) is 5.98. The van der Waals surface area contributed by atoms with E-state index in [0.717, 1.165) is 37.6 Å². The molecule has 1 aromatic carbocycles. The largest absolute Gasteiger partial charge is 0.386 e. The number of aromatic nitrogens is 3. The lowest BCUT2D eigenvalue weighted by molar-refractivity contribution is 0.166. The summed E-state index contributed by atoms with van der Waals surface area (Å²) in [7, 11) is 2.08. The van der Waals surface area contributed by atoms with Crippen molar-refractivity contribution in [2.45, 2.75) is 39.5 Å². The number of benzene rings is 1. The highest BCUT2D eigenvalue weighted by molar-refractivity contribution is 6.01. The summed E-state index contributed by atoms with van der Waals surface area (Å²) in [6.07, 6.45) is 0.232. The Hall–Kier alpha value is -3.44. The van der Waals surface area contributed by atoms with Gasteiger partial charge >= 0.3 is 0 Å². The van der Waals surface area contributed by atoms with Gasteiger partial charge in [0.05, 0.1) is 6.42 Å². The normalized spacial score (nSPS) is 15.6. The Bertz CT molecular complexity index is 1220. The summed E-state index contributed by atoms with van der Waals surface area (Å²) in [6.45, 7) is 11.5. The number of nitrogens with zero attached hydrogens (tertiary/aromatic N) is 4. The highest BCUT2D eigenvalue weighted by Crippen LogP contribution is 2.26. The lowest BCUT2D eigenvalue weighted by atomic mass is 9.92. The molecule has 5 N–H and O–H groups in total. The van der Waals surface area contributed by atoms with Gasteiger partial charge < -0.3 is 19.6 Å². The van der Waals surface area contributed by atoms with Crippen LogP contribution in [0.2, 0.25) is 0 Å². The van der Waals surface area contributed by atoms with Gasteiger partial charge in [-0.05, 0) is 32.2 Å². The Labute approximate surface area is 204 Å². The van der Waals surface area contributed by atoms with Crippen molar-refractivity contribution in [1.82, 2.24) is 36.0 Å². The van der Waals surface area contributed by atoms with Gasteiger partial charge in [-0.2, -0.15) is 5.10 Å². The molecule has 0 unspecified atom stereocenters. The SMILES string of the molecule is Cc1cc2c(F)c(ONNC(CC(=N)N3CCN(C)CC3)=Nc3cc(C(C)(C)C)[nH]n3)ccc2[nH]1. The second-order valence-electron chi connectivity index (χ2n) is 9.98. The fraction of sp³-hybridized carbons (Fsp3) is 0.458. The van der Waals surface area contributed by atoms with E-state index in [1.54, 1.807) is 18.2 Å². The van der Waals surface area contributed by atoms with Crippen LogP contribution in [0, 0.1) is 18.2 Å². The fourth-order valence-electron chi connectivity index (χ4n) is 3.86. The average molecular weight is 484 g/mol. The van der Waals surface area contributed by atoms with E-state index >= 15 is 0 Å². The molecule has 1 aliphatic rings. The Balaban J connectivity index is 1.48. The van der Waals surface area contributed by atoms with Crippen molar-refractivity contribution in [3.8, 4) is 5.75 Å². The molecule has 188 valence electrons. The third-order valence-electron chi connectivity index (χ3n) is 6.04.